The fourth-order valence-corrected chi connectivity index (χ4v) is 2.96. The molecular formula is C21H15F3N4O. The van der Waals surface area contributed by atoms with Crippen molar-refractivity contribution in [1.29, 1.82) is 0 Å². The summed E-state index contributed by atoms with van der Waals surface area (Å²) in [6.45, 7) is 0. The van der Waals surface area contributed by atoms with Crippen molar-refractivity contribution < 1.29 is 18.0 Å². The van der Waals surface area contributed by atoms with Crippen LogP contribution in [0.15, 0.2) is 73.2 Å². The maximum atomic E-state index is 12.6. The molecule has 5 nitrogen and oxygen atoms in total. The van der Waals surface area contributed by atoms with E-state index in [1.165, 1.54) is 12.1 Å². The molecular weight excluding hydrogens is 381 g/mol. The van der Waals surface area contributed by atoms with Crippen LogP contribution in [-0.2, 0) is 6.18 Å². The molecule has 2 heterocycles. The quantitative estimate of drug-likeness (QED) is 0.404. The number of carbonyl (C=O) groups excluding carboxylic acids is 1. The van der Waals surface area contributed by atoms with Crippen molar-refractivity contribution in [2.45, 2.75) is 6.18 Å². The third-order valence-electron chi connectivity index (χ3n) is 4.39. The number of nitrogens with one attached hydrogen (secondary N) is 3. The molecule has 0 saturated carbocycles. The molecule has 0 atom stereocenters. The number of hydrogen-bond acceptors (Lipinski definition) is 2. The first-order chi connectivity index (χ1) is 13.9. The highest BCUT2D eigenvalue weighted by molar-refractivity contribution is 6.06. The Hall–Kier alpha value is -3.81. The van der Waals surface area contributed by atoms with Crippen LogP contribution in [0.2, 0.25) is 0 Å². The van der Waals surface area contributed by atoms with E-state index in [0.29, 0.717) is 5.69 Å². The van der Waals surface area contributed by atoms with Crippen LogP contribution in [0.5, 0.6) is 0 Å². The molecule has 8 heteroatoms. The second-order valence-electron chi connectivity index (χ2n) is 6.36. The minimum absolute atomic E-state index is 0.256. The van der Waals surface area contributed by atoms with E-state index in [1.54, 1.807) is 18.6 Å². The molecule has 3 N–H and O–H groups in total. The molecule has 2 aromatic heterocycles. The van der Waals surface area contributed by atoms with Gasteiger partial charge in [-0.3, -0.25) is 4.98 Å². The van der Waals surface area contributed by atoms with Gasteiger partial charge < -0.3 is 15.6 Å². The van der Waals surface area contributed by atoms with Crippen LogP contribution in [0.1, 0.15) is 5.56 Å². The van der Waals surface area contributed by atoms with Gasteiger partial charge >= 0.3 is 12.2 Å². The first-order valence-corrected chi connectivity index (χ1v) is 8.67. The second-order valence-corrected chi connectivity index (χ2v) is 6.36. The van der Waals surface area contributed by atoms with Crippen LogP contribution in [0.3, 0.4) is 0 Å². The first-order valence-electron chi connectivity index (χ1n) is 8.67. The Balaban J connectivity index is 1.52. The number of anilines is 2. The number of aromatic amines is 1. The van der Waals surface area contributed by atoms with Crippen LogP contribution < -0.4 is 10.6 Å². The molecule has 0 aliphatic carbocycles. The van der Waals surface area contributed by atoms with E-state index < -0.39 is 17.8 Å². The smallest absolute Gasteiger partial charge is 0.359 e. The number of carbonyl (C=O) groups is 1. The van der Waals surface area contributed by atoms with Gasteiger partial charge in [0.05, 0.1) is 11.3 Å². The predicted octanol–water partition coefficient (Wildman–Crippen LogP) is 5.89. The van der Waals surface area contributed by atoms with Crippen LogP contribution in [0.4, 0.5) is 29.3 Å². The summed E-state index contributed by atoms with van der Waals surface area (Å²) in [6.07, 6.45) is 0.677. The van der Waals surface area contributed by atoms with Gasteiger partial charge in [-0.15, -0.1) is 0 Å². The van der Waals surface area contributed by atoms with E-state index in [-0.39, 0.29) is 5.69 Å². The van der Waals surface area contributed by atoms with Crippen molar-refractivity contribution in [3.8, 4) is 11.1 Å². The van der Waals surface area contributed by atoms with Crippen molar-refractivity contribution in [3.63, 3.8) is 0 Å². The van der Waals surface area contributed by atoms with Crippen molar-refractivity contribution in [1.82, 2.24) is 9.97 Å². The number of H-pyrrole nitrogens is 1. The first kappa shape index (κ1) is 18.5. The van der Waals surface area contributed by atoms with Crippen molar-refractivity contribution >= 4 is 28.3 Å². The van der Waals surface area contributed by atoms with Gasteiger partial charge in [0.15, 0.2) is 0 Å². The van der Waals surface area contributed by atoms with Gasteiger partial charge in [0, 0.05) is 40.7 Å². The fourth-order valence-electron chi connectivity index (χ4n) is 2.96. The molecule has 0 bridgehead atoms. The summed E-state index contributed by atoms with van der Waals surface area (Å²) in [5, 5.41) is 6.05. The molecule has 29 heavy (non-hydrogen) atoms. The molecule has 4 rings (SSSR count). The van der Waals surface area contributed by atoms with E-state index in [4.69, 9.17) is 0 Å². The summed E-state index contributed by atoms with van der Waals surface area (Å²) in [7, 11) is 0. The van der Waals surface area contributed by atoms with Crippen molar-refractivity contribution in [2.24, 2.45) is 0 Å². The number of fused-ring (bicyclic) bond motifs is 1. The lowest BCUT2D eigenvalue weighted by atomic mass is 10.1. The van der Waals surface area contributed by atoms with Gasteiger partial charge in [-0.05, 0) is 48.0 Å². The maximum Gasteiger partial charge on any atom is 0.416 e. The second kappa shape index (κ2) is 7.31. The largest absolute Gasteiger partial charge is 0.416 e. The maximum absolute atomic E-state index is 12.6. The molecule has 0 spiro atoms. The summed E-state index contributed by atoms with van der Waals surface area (Å²) in [5.74, 6) is 0. The number of nitrogens with zero attached hydrogens (tertiary/aromatic N) is 1. The summed E-state index contributed by atoms with van der Waals surface area (Å²) < 4.78 is 37.9. The molecule has 2 amide bonds. The SMILES string of the molecule is O=C(Nc1ccc(C(F)(F)F)cc1)Nc1c[nH]c2ccc(-c3cccnc3)cc12. The molecule has 0 saturated heterocycles. The average molecular weight is 396 g/mol. The highest BCUT2D eigenvalue weighted by atomic mass is 19.4. The number of benzene rings is 2. The Morgan fingerprint density at radius 1 is 0.966 bits per heavy atom. The zero-order chi connectivity index (χ0) is 20.4. The summed E-state index contributed by atoms with van der Waals surface area (Å²) in [5.41, 5.74) is 2.75. The molecule has 146 valence electrons. The highest BCUT2D eigenvalue weighted by Crippen LogP contribution is 2.30. The lowest BCUT2D eigenvalue weighted by Crippen LogP contribution is -2.19. The number of amides is 2. The minimum Gasteiger partial charge on any atom is -0.359 e. The Morgan fingerprint density at radius 2 is 1.76 bits per heavy atom. The summed E-state index contributed by atoms with van der Waals surface area (Å²) >= 11 is 0. The molecule has 2 aromatic carbocycles. The van der Waals surface area contributed by atoms with E-state index >= 15 is 0 Å². The van der Waals surface area contributed by atoms with Gasteiger partial charge in [-0.25, -0.2) is 4.79 Å². The molecule has 0 aliphatic heterocycles. The predicted molar refractivity (Wildman–Crippen MR) is 106 cm³/mol. The van der Waals surface area contributed by atoms with Crippen LogP contribution in [-0.4, -0.2) is 16.0 Å². The monoisotopic (exact) mass is 396 g/mol. The number of urea groups is 1. The summed E-state index contributed by atoms with van der Waals surface area (Å²) in [4.78, 5) is 19.5. The number of halogens is 3. The van der Waals surface area contributed by atoms with Crippen molar-refractivity contribution in [3.05, 3.63) is 78.8 Å². The average Bonchev–Trinajstić information content (AvgIpc) is 3.10. The van der Waals surface area contributed by atoms with Gasteiger partial charge in [0.1, 0.15) is 0 Å². The van der Waals surface area contributed by atoms with Gasteiger partial charge in [-0.2, -0.15) is 13.2 Å². The molecule has 4 aromatic rings. The normalized spacial score (nSPS) is 11.4. The third kappa shape index (κ3) is 4.06. The van der Waals surface area contributed by atoms with Gasteiger partial charge in [0.25, 0.3) is 0 Å². The molecule has 0 aliphatic rings. The Labute approximate surface area is 163 Å². The molecule has 0 unspecified atom stereocenters. The van der Waals surface area contributed by atoms with Gasteiger partial charge in [-0.1, -0.05) is 12.1 Å². The number of alkyl halides is 3. The van der Waals surface area contributed by atoms with Crippen LogP contribution in [0.25, 0.3) is 22.0 Å². The highest BCUT2D eigenvalue weighted by Gasteiger charge is 2.30. The number of hydrogen-bond donors (Lipinski definition) is 3. The standard InChI is InChI=1S/C21H15F3N4O/c22-21(23,24)15-4-6-16(7-5-15)27-20(29)28-19-12-26-18-8-3-13(10-17(18)19)14-2-1-9-25-11-14/h1-12,26H,(H2,27,28,29). The lowest BCUT2D eigenvalue weighted by Gasteiger charge is -2.09. The van der Waals surface area contributed by atoms with Crippen LogP contribution >= 0.6 is 0 Å². The fraction of sp³-hybridized carbons (Fsp3) is 0.0476. The number of rotatable bonds is 3. The number of pyridine rings is 1. The van der Waals surface area contributed by atoms with E-state index in [0.717, 1.165) is 34.2 Å². The molecule has 0 fully saturated rings. The van der Waals surface area contributed by atoms with Gasteiger partial charge in [0.2, 0.25) is 0 Å². The van der Waals surface area contributed by atoms with E-state index in [2.05, 4.69) is 20.6 Å². The Bertz CT molecular complexity index is 1150. The Morgan fingerprint density at radius 3 is 2.45 bits per heavy atom. The summed E-state index contributed by atoms with van der Waals surface area (Å²) in [6, 6.07) is 13.2. The lowest BCUT2D eigenvalue weighted by molar-refractivity contribution is -0.137. The van der Waals surface area contributed by atoms with Crippen molar-refractivity contribution in [2.75, 3.05) is 10.6 Å². The van der Waals surface area contributed by atoms with E-state index in [9.17, 15) is 18.0 Å². The van der Waals surface area contributed by atoms with E-state index in [1.807, 2.05) is 30.3 Å². The number of aromatic nitrogens is 2. The minimum atomic E-state index is -4.42. The molecule has 0 radical (unpaired) electrons. The Kier molecular flexibility index (Phi) is 4.67. The zero-order valence-electron chi connectivity index (χ0n) is 14.9. The third-order valence-corrected chi connectivity index (χ3v) is 4.39. The topological polar surface area (TPSA) is 69.8 Å². The zero-order valence-corrected chi connectivity index (χ0v) is 14.9. The van der Waals surface area contributed by atoms with Crippen LogP contribution in [0, 0.1) is 0 Å².